The van der Waals surface area contributed by atoms with Gasteiger partial charge in [0.2, 0.25) is 0 Å². The minimum Gasteiger partial charge on any atom is -0.482 e. The number of nitrogens with zero attached hydrogens (tertiary/aromatic N) is 7. The fourth-order valence-electron chi connectivity index (χ4n) is 3.15. The molecule has 136 valence electrons. The first-order chi connectivity index (χ1) is 12.5. The smallest absolute Gasteiger partial charge is 0.176 e. The molecule has 1 fully saturated rings. The van der Waals surface area contributed by atoms with Crippen molar-refractivity contribution in [2.45, 2.75) is 26.1 Å². The summed E-state index contributed by atoms with van der Waals surface area (Å²) in [6.45, 7) is 4.90. The number of aliphatic hydroxyl groups excluding tert-OH is 1. The second kappa shape index (κ2) is 6.41. The summed E-state index contributed by atoms with van der Waals surface area (Å²) < 4.78 is 9.26. The molecule has 26 heavy (non-hydrogen) atoms. The largest absolute Gasteiger partial charge is 0.482 e. The maximum atomic E-state index is 10.3. The van der Waals surface area contributed by atoms with Gasteiger partial charge in [0.25, 0.3) is 0 Å². The molecule has 1 saturated heterocycles. The molecule has 0 radical (unpaired) electrons. The number of aromatic nitrogens is 6. The van der Waals surface area contributed by atoms with Crippen molar-refractivity contribution in [3.05, 3.63) is 42.0 Å². The standard InChI is InChI=1S/C17H21N7O2/c1-11-6-12(2)24(21-11)17-5-4-16(19-20-17)23-9-14(25)15(10-23)26-13-7-18-22(3)8-13/h4-8,14-15,25H,9-10H2,1-3H3/t14-,15-/m1/s1. The van der Waals surface area contributed by atoms with E-state index in [4.69, 9.17) is 4.74 Å². The molecule has 1 aliphatic rings. The highest BCUT2D eigenvalue weighted by molar-refractivity contribution is 5.42. The summed E-state index contributed by atoms with van der Waals surface area (Å²) in [5, 5.41) is 27.4. The van der Waals surface area contributed by atoms with Gasteiger partial charge in [-0.15, -0.1) is 10.2 Å². The Balaban J connectivity index is 1.47. The van der Waals surface area contributed by atoms with Gasteiger partial charge in [0, 0.05) is 19.3 Å². The van der Waals surface area contributed by atoms with Gasteiger partial charge >= 0.3 is 0 Å². The van der Waals surface area contributed by atoms with Crippen LogP contribution in [-0.4, -0.2) is 60.2 Å². The van der Waals surface area contributed by atoms with E-state index in [1.165, 1.54) is 0 Å². The van der Waals surface area contributed by atoms with E-state index in [-0.39, 0.29) is 6.10 Å². The van der Waals surface area contributed by atoms with Crippen LogP contribution in [0.3, 0.4) is 0 Å². The van der Waals surface area contributed by atoms with Gasteiger partial charge in [-0.1, -0.05) is 0 Å². The van der Waals surface area contributed by atoms with Gasteiger partial charge in [-0.3, -0.25) is 4.68 Å². The molecule has 0 spiro atoms. The van der Waals surface area contributed by atoms with E-state index in [1.807, 2.05) is 44.0 Å². The zero-order valence-corrected chi connectivity index (χ0v) is 14.9. The molecule has 4 heterocycles. The van der Waals surface area contributed by atoms with Crippen LogP contribution in [0.4, 0.5) is 5.82 Å². The Labute approximate surface area is 150 Å². The number of β-amino-alcohol motifs (C(OH)–C–C–N with tert-alkyl or cyclic N) is 1. The summed E-state index contributed by atoms with van der Waals surface area (Å²) in [7, 11) is 1.82. The van der Waals surface area contributed by atoms with Gasteiger partial charge < -0.3 is 14.7 Å². The van der Waals surface area contributed by atoms with Crippen LogP contribution in [0.15, 0.2) is 30.6 Å². The van der Waals surface area contributed by atoms with Crippen LogP contribution in [0.1, 0.15) is 11.4 Å². The first-order valence-corrected chi connectivity index (χ1v) is 8.45. The van der Waals surface area contributed by atoms with Crippen LogP contribution in [0.25, 0.3) is 5.82 Å². The van der Waals surface area contributed by atoms with E-state index in [0.29, 0.717) is 30.5 Å². The predicted octanol–water partition coefficient (Wildman–Crippen LogP) is 0.641. The van der Waals surface area contributed by atoms with Crippen LogP contribution in [0.2, 0.25) is 0 Å². The molecule has 3 aromatic rings. The zero-order valence-electron chi connectivity index (χ0n) is 14.9. The Morgan fingerprint density at radius 3 is 2.54 bits per heavy atom. The number of aliphatic hydroxyl groups is 1. The average Bonchev–Trinajstić information content (AvgIpc) is 3.28. The second-order valence-corrected chi connectivity index (χ2v) is 6.57. The Morgan fingerprint density at radius 1 is 1.15 bits per heavy atom. The maximum Gasteiger partial charge on any atom is 0.176 e. The van der Waals surface area contributed by atoms with Gasteiger partial charge in [-0.2, -0.15) is 10.2 Å². The monoisotopic (exact) mass is 355 g/mol. The highest BCUT2D eigenvalue weighted by atomic mass is 16.5. The number of anilines is 1. The van der Waals surface area contributed by atoms with Crippen molar-refractivity contribution < 1.29 is 9.84 Å². The number of aryl methyl sites for hydroxylation is 3. The number of ether oxygens (including phenoxy) is 1. The molecule has 0 bridgehead atoms. The normalized spacial score (nSPS) is 19.9. The van der Waals surface area contributed by atoms with Crippen LogP contribution in [0.5, 0.6) is 5.75 Å². The number of rotatable bonds is 4. The molecule has 0 aliphatic carbocycles. The van der Waals surface area contributed by atoms with Gasteiger partial charge in [0.05, 0.1) is 24.6 Å². The Bertz CT molecular complexity index is 902. The molecule has 4 rings (SSSR count). The van der Waals surface area contributed by atoms with E-state index in [9.17, 15) is 5.11 Å². The van der Waals surface area contributed by atoms with E-state index < -0.39 is 6.10 Å². The molecule has 0 aromatic carbocycles. The fourth-order valence-corrected chi connectivity index (χ4v) is 3.15. The van der Waals surface area contributed by atoms with E-state index in [0.717, 1.165) is 11.4 Å². The molecule has 9 nitrogen and oxygen atoms in total. The molecule has 0 amide bonds. The highest BCUT2D eigenvalue weighted by Crippen LogP contribution is 2.22. The minimum absolute atomic E-state index is 0.336. The van der Waals surface area contributed by atoms with Crippen molar-refractivity contribution in [3.63, 3.8) is 0 Å². The van der Waals surface area contributed by atoms with Gasteiger partial charge in [0.1, 0.15) is 12.2 Å². The maximum absolute atomic E-state index is 10.3. The first-order valence-electron chi connectivity index (χ1n) is 8.45. The Morgan fingerprint density at radius 2 is 1.92 bits per heavy atom. The third-order valence-corrected chi connectivity index (χ3v) is 4.39. The van der Waals surface area contributed by atoms with Crippen LogP contribution in [-0.2, 0) is 7.05 Å². The quantitative estimate of drug-likeness (QED) is 0.734. The molecule has 2 atom stereocenters. The lowest BCUT2D eigenvalue weighted by Gasteiger charge is -2.16. The third-order valence-electron chi connectivity index (χ3n) is 4.39. The van der Waals surface area contributed by atoms with Crippen LogP contribution < -0.4 is 9.64 Å². The molecule has 0 unspecified atom stereocenters. The second-order valence-electron chi connectivity index (χ2n) is 6.57. The summed E-state index contributed by atoms with van der Waals surface area (Å²) in [4.78, 5) is 1.96. The van der Waals surface area contributed by atoms with E-state index in [1.54, 1.807) is 21.8 Å². The molecule has 1 N–H and O–H groups in total. The summed E-state index contributed by atoms with van der Waals surface area (Å²) in [5.41, 5.74) is 1.94. The molecular weight excluding hydrogens is 334 g/mol. The SMILES string of the molecule is Cc1cc(C)n(-c2ccc(N3C[C@@H](O)[C@H](Oc4cnn(C)c4)C3)nn2)n1. The number of hydrogen-bond acceptors (Lipinski definition) is 7. The van der Waals surface area contributed by atoms with E-state index in [2.05, 4.69) is 20.4 Å². The van der Waals surface area contributed by atoms with Gasteiger partial charge in [0.15, 0.2) is 17.4 Å². The predicted molar refractivity (Wildman–Crippen MR) is 94.5 cm³/mol. The molecule has 3 aromatic heterocycles. The topological polar surface area (TPSA) is 94.1 Å². The molecular formula is C17H21N7O2. The summed E-state index contributed by atoms with van der Waals surface area (Å²) in [5.74, 6) is 2.01. The molecule has 0 saturated carbocycles. The van der Waals surface area contributed by atoms with Gasteiger partial charge in [-0.05, 0) is 32.0 Å². The fraction of sp³-hybridized carbons (Fsp3) is 0.412. The Kier molecular flexibility index (Phi) is 4.08. The van der Waals surface area contributed by atoms with Crippen molar-refractivity contribution in [3.8, 4) is 11.6 Å². The first kappa shape index (κ1) is 16.5. The van der Waals surface area contributed by atoms with Crippen molar-refractivity contribution in [2.75, 3.05) is 18.0 Å². The summed E-state index contributed by atoms with van der Waals surface area (Å²) >= 11 is 0. The third kappa shape index (κ3) is 3.13. The lowest BCUT2D eigenvalue weighted by Crippen LogP contribution is -2.29. The van der Waals surface area contributed by atoms with Crippen LogP contribution in [0, 0.1) is 13.8 Å². The minimum atomic E-state index is -0.604. The zero-order chi connectivity index (χ0) is 18.3. The van der Waals surface area contributed by atoms with Crippen molar-refractivity contribution in [2.24, 2.45) is 7.05 Å². The average molecular weight is 355 g/mol. The van der Waals surface area contributed by atoms with Gasteiger partial charge in [-0.25, -0.2) is 4.68 Å². The summed E-state index contributed by atoms with van der Waals surface area (Å²) in [6.07, 6.45) is 2.47. The Hall–Kier alpha value is -2.94. The molecule has 1 aliphatic heterocycles. The number of hydrogen-bond donors (Lipinski definition) is 1. The highest BCUT2D eigenvalue weighted by Gasteiger charge is 2.34. The van der Waals surface area contributed by atoms with E-state index >= 15 is 0 Å². The van der Waals surface area contributed by atoms with Crippen LogP contribution >= 0.6 is 0 Å². The van der Waals surface area contributed by atoms with Crippen molar-refractivity contribution >= 4 is 5.82 Å². The van der Waals surface area contributed by atoms with Crippen molar-refractivity contribution in [1.82, 2.24) is 29.8 Å². The molecule has 9 heteroatoms. The lowest BCUT2D eigenvalue weighted by atomic mass is 10.3. The summed E-state index contributed by atoms with van der Waals surface area (Å²) in [6, 6.07) is 5.76. The lowest BCUT2D eigenvalue weighted by molar-refractivity contribution is 0.0737. The van der Waals surface area contributed by atoms with Crippen molar-refractivity contribution in [1.29, 1.82) is 0 Å².